The van der Waals surface area contributed by atoms with E-state index in [9.17, 15) is 4.57 Å². The van der Waals surface area contributed by atoms with Crippen LogP contribution in [0.5, 0.6) is 0 Å². The van der Waals surface area contributed by atoms with Crippen molar-refractivity contribution in [3.05, 3.63) is 12.2 Å². The third-order valence-electron chi connectivity index (χ3n) is 1.22. The molecule has 0 aliphatic heterocycles. The molecule has 0 spiro atoms. The SMILES string of the molecule is CC=CCP(=O)(OCC)OCC. The van der Waals surface area contributed by atoms with Crippen LogP contribution in [-0.2, 0) is 13.6 Å². The van der Waals surface area contributed by atoms with Crippen molar-refractivity contribution in [1.29, 1.82) is 0 Å². The lowest BCUT2D eigenvalue weighted by molar-refractivity contribution is 0.222. The van der Waals surface area contributed by atoms with E-state index in [1.54, 1.807) is 19.9 Å². The third-order valence-corrected chi connectivity index (χ3v) is 3.18. The molecule has 0 heterocycles. The maximum Gasteiger partial charge on any atom is 0.334 e. The predicted octanol–water partition coefficient (Wildman–Crippen LogP) is 2.83. The highest BCUT2D eigenvalue weighted by atomic mass is 31.2. The summed E-state index contributed by atoms with van der Waals surface area (Å²) in [4.78, 5) is 0. The Balaban J connectivity index is 4.08. The Hall–Kier alpha value is -0.110. The molecular formula is C8H17O3P. The number of hydrogen-bond donors (Lipinski definition) is 0. The van der Waals surface area contributed by atoms with E-state index in [1.165, 1.54) is 0 Å². The molecule has 0 atom stereocenters. The van der Waals surface area contributed by atoms with E-state index in [0.717, 1.165) is 0 Å². The molecular weight excluding hydrogens is 175 g/mol. The highest BCUT2D eigenvalue weighted by Gasteiger charge is 2.20. The second kappa shape index (κ2) is 6.41. The van der Waals surface area contributed by atoms with Crippen molar-refractivity contribution < 1.29 is 13.6 Å². The Morgan fingerprint density at radius 1 is 1.25 bits per heavy atom. The first-order chi connectivity index (χ1) is 5.68. The Morgan fingerprint density at radius 2 is 1.75 bits per heavy atom. The molecule has 0 aliphatic rings. The quantitative estimate of drug-likeness (QED) is 0.479. The Kier molecular flexibility index (Phi) is 6.35. The standard InChI is InChI=1S/C8H17O3P/c1-4-7-8-12(9,10-5-2)11-6-3/h4,7H,5-6,8H2,1-3H3. The van der Waals surface area contributed by atoms with Crippen LogP contribution >= 0.6 is 7.60 Å². The fraction of sp³-hybridized carbons (Fsp3) is 0.750. The Labute approximate surface area is 74.3 Å². The zero-order chi connectivity index (χ0) is 9.45. The molecule has 0 fully saturated rings. The van der Waals surface area contributed by atoms with Crippen LogP contribution in [0.15, 0.2) is 12.2 Å². The first kappa shape index (κ1) is 11.9. The van der Waals surface area contributed by atoms with Crippen LogP contribution in [0.4, 0.5) is 0 Å². The first-order valence-corrected chi connectivity index (χ1v) is 5.90. The van der Waals surface area contributed by atoms with E-state index < -0.39 is 7.60 Å². The van der Waals surface area contributed by atoms with Gasteiger partial charge in [0.25, 0.3) is 0 Å². The van der Waals surface area contributed by atoms with Gasteiger partial charge in [-0.2, -0.15) is 0 Å². The maximum atomic E-state index is 11.7. The number of hydrogen-bond acceptors (Lipinski definition) is 3. The number of allylic oxidation sites excluding steroid dienone is 2. The lowest BCUT2D eigenvalue weighted by atomic mass is 10.6. The van der Waals surface area contributed by atoms with Gasteiger partial charge >= 0.3 is 7.60 Å². The molecule has 0 rings (SSSR count). The zero-order valence-electron chi connectivity index (χ0n) is 7.95. The lowest BCUT2D eigenvalue weighted by Crippen LogP contribution is -1.98. The highest BCUT2D eigenvalue weighted by molar-refractivity contribution is 7.54. The summed E-state index contributed by atoms with van der Waals surface area (Å²) in [7, 11) is -2.82. The molecule has 72 valence electrons. The fourth-order valence-electron chi connectivity index (χ4n) is 0.771. The molecule has 0 amide bonds. The maximum absolute atomic E-state index is 11.7. The number of rotatable bonds is 6. The van der Waals surface area contributed by atoms with E-state index >= 15 is 0 Å². The molecule has 0 aromatic carbocycles. The van der Waals surface area contributed by atoms with E-state index in [4.69, 9.17) is 9.05 Å². The van der Waals surface area contributed by atoms with Gasteiger partial charge < -0.3 is 9.05 Å². The van der Waals surface area contributed by atoms with Crippen LogP contribution in [0.25, 0.3) is 0 Å². The minimum absolute atomic E-state index is 0.366. The second-order valence-corrected chi connectivity index (χ2v) is 4.30. The normalized spacial score (nSPS) is 12.6. The van der Waals surface area contributed by atoms with Gasteiger partial charge in [-0.05, 0) is 20.8 Å². The van der Waals surface area contributed by atoms with Crippen molar-refractivity contribution in [3.8, 4) is 0 Å². The summed E-state index contributed by atoms with van der Waals surface area (Å²) in [5.41, 5.74) is 0. The molecule has 0 bridgehead atoms. The van der Waals surface area contributed by atoms with Crippen LogP contribution < -0.4 is 0 Å². The highest BCUT2D eigenvalue weighted by Crippen LogP contribution is 2.47. The van der Waals surface area contributed by atoms with Crippen LogP contribution in [-0.4, -0.2) is 19.4 Å². The summed E-state index contributed by atoms with van der Waals surface area (Å²) in [6.45, 7) is 6.34. The molecule has 0 N–H and O–H groups in total. The summed E-state index contributed by atoms with van der Waals surface area (Å²) < 4.78 is 21.8. The average Bonchev–Trinajstić information content (AvgIpc) is 2.02. The van der Waals surface area contributed by atoms with Crippen molar-refractivity contribution in [2.24, 2.45) is 0 Å². The predicted molar refractivity (Wildman–Crippen MR) is 50.5 cm³/mol. The van der Waals surface area contributed by atoms with Gasteiger partial charge in [-0.25, -0.2) is 0 Å². The molecule has 12 heavy (non-hydrogen) atoms. The summed E-state index contributed by atoms with van der Waals surface area (Å²) in [6.07, 6.45) is 4.00. The van der Waals surface area contributed by atoms with E-state index in [-0.39, 0.29) is 0 Å². The molecule has 0 aliphatic carbocycles. The van der Waals surface area contributed by atoms with Crippen molar-refractivity contribution in [3.63, 3.8) is 0 Å². The van der Waals surface area contributed by atoms with Crippen LogP contribution in [0, 0.1) is 0 Å². The van der Waals surface area contributed by atoms with E-state index in [2.05, 4.69) is 0 Å². The summed E-state index contributed by atoms with van der Waals surface area (Å²) in [5, 5.41) is 0. The van der Waals surface area contributed by atoms with Crippen molar-refractivity contribution in [2.75, 3.05) is 19.4 Å². The van der Waals surface area contributed by atoms with Crippen LogP contribution in [0.2, 0.25) is 0 Å². The summed E-state index contributed by atoms with van der Waals surface area (Å²) in [5.74, 6) is 0. The van der Waals surface area contributed by atoms with Gasteiger partial charge in [0.2, 0.25) is 0 Å². The molecule has 0 radical (unpaired) electrons. The molecule has 3 nitrogen and oxygen atoms in total. The molecule has 0 unspecified atom stereocenters. The third kappa shape index (κ3) is 4.70. The largest absolute Gasteiger partial charge is 0.334 e. The van der Waals surface area contributed by atoms with Gasteiger partial charge in [0.1, 0.15) is 0 Å². The Morgan fingerprint density at radius 3 is 2.08 bits per heavy atom. The fourth-order valence-corrected chi connectivity index (χ4v) is 2.31. The molecule has 0 aromatic heterocycles. The van der Waals surface area contributed by atoms with Gasteiger partial charge in [-0.3, -0.25) is 4.57 Å². The monoisotopic (exact) mass is 192 g/mol. The topological polar surface area (TPSA) is 35.5 Å². The van der Waals surface area contributed by atoms with Crippen molar-refractivity contribution >= 4 is 7.60 Å². The molecule has 0 saturated heterocycles. The van der Waals surface area contributed by atoms with Gasteiger partial charge in [0.15, 0.2) is 0 Å². The van der Waals surface area contributed by atoms with Gasteiger partial charge in [-0.1, -0.05) is 12.2 Å². The molecule has 4 heteroatoms. The molecule has 0 aromatic rings. The lowest BCUT2D eigenvalue weighted by Gasteiger charge is -2.14. The van der Waals surface area contributed by atoms with Crippen molar-refractivity contribution in [2.45, 2.75) is 20.8 Å². The summed E-state index contributed by atoms with van der Waals surface area (Å²) in [6, 6.07) is 0. The van der Waals surface area contributed by atoms with Crippen LogP contribution in [0.3, 0.4) is 0 Å². The van der Waals surface area contributed by atoms with E-state index in [0.29, 0.717) is 19.4 Å². The first-order valence-electron chi connectivity index (χ1n) is 4.17. The second-order valence-electron chi connectivity index (χ2n) is 2.20. The van der Waals surface area contributed by atoms with Crippen molar-refractivity contribution in [1.82, 2.24) is 0 Å². The van der Waals surface area contributed by atoms with Gasteiger partial charge in [0, 0.05) is 0 Å². The molecule has 0 saturated carbocycles. The minimum Gasteiger partial charge on any atom is -0.309 e. The summed E-state index contributed by atoms with van der Waals surface area (Å²) >= 11 is 0. The zero-order valence-corrected chi connectivity index (χ0v) is 8.84. The van der Waals surface area contributed by atoms with Gasteiger partial charge in [-0.15, -0.1) is 0 Å². The van der Waals surface area contributed by atoms with Crippen LogP contribution in [0.1, 0.15) is 20.8 Å². The van der Waals surface area contributed by atoms with Gasteiger partial charge in [0.05, 0.1) is 19.4 Å². The average molecular weight is 192 g/mol. The minimum atomic E-state index is -2.82. The van der Waals surface area contributed by atoms with E-state index in [1.807, 2.05) is 13.0 Å². The Bertz CT molecular complexity index is 167. The smallest absolute Gasteiger partial charge is 0.309 e.